The first-order valence-corrected chi connectivity index (χ1v) is 7.47. The van der Waals surface area contributed by atoms with Gasteiger partial charge in [-0.05, 0) is 39.3 Å². The summed E-state index contributed by atoms with van der Waals surface area (Å²) in [6.45, 7) is 8.91. The third kappa shape index (κ3) is 5.60. The van der Waals surface area contributed by atoms with Gasteiger partial charge in [-0.1, -0.05) is 18.2 Å². The highest BCUT2D eigenvalue weighted by Gasteiger charge is 2.10. The number of aromatic nitrogens is 2. The molecule has 0 fully saturated rings. The lowest BCUT2D eigenvalue weighted by atomic mass is 10.1. The minimum Gasteiger partial charge on any atom is -0.494 e. The number of ether oxygens (including phenoxy) is 1. The van der Waals surface area contributed by atoms with Crippen LogP contribution in [0.15, 0.2) is 42.7 Å². The van der Waals surface area contributed by atoms with Crippen LogP contribution in [0, 0.1) is 0 Å². The molecule has 0 saturated carbocycles. The average Bonchev–Trinajstić information content (AvgIpc) is 2.89. The molecule has 2 aromatic rings. The van der Waals surface area contributed by atoms with Crippen LogP contribution in [0.5, 0.6) is 5.75 Å². The van der Waals surface area contributed by atoms with Crippen LogP contribution in [0.3, 0.4) is 0 Å². The smallest absolute Gasteiger partial charge is 0.122 e. The molecule has 0 aliphatic carbocycles. The molecular weight excluding hydrogens is 262 g/mol. The highest BCUT2D eigenvalue weighted by molar-refractivity contribution is 5.20. The van der Waals surface area contributed by atoms with E-state index in [2.05, 4.69) is 35.6 Å². The number of aryl methyl sites for hydroxylation is 1. The summed E-state index contributed by atoms with van der Waals surface area (Å²) < 4.78 is 7.90. The van der Waals surface area contributed by atoms with Gasteiger partial charge in [0.15, 0.2) is 0 Å². The summed E-state index contributed by atoms with van der Waals surface area (Å²) >= 11 is 0. The molecule has 2 rings (SSSR count). The van der Waals surface area contributed by atoms with Crippen molar-refractivity contribution in [2.45, 2.75) is 45.8 Å². The number of nitrogens with one attached hydrogen (secondary N) is 1. The molecule has 4 heteroatoms. The summed E-state index contributed by atoms with van der Waals surface area (Å²) in [5.41, 5.74) is 0.104. The Hall–Kier alpha value is -1.81. The van der Waals surface area contributed by atoms with Gasteiger partial charge in [0.1, 0.15) is 11.6 Å². The summed E-state index contributed by atoms with van der Waals surface area (Å²) in [6, 6.07) is 9.93. The maximum Gasteiger partial charge on any atom is 0.122 e. The van der Waals surface area contributed by atoms with Gasteiger partial charge in [-0.3, -0.25) is 0 Å². The van der Waals surface area contributed by atoms with E-state index in [0.29, 0.717) is 6.61 Å². The van der Waals surface area contributed by atoms with Crippen LogP contribution >= 0.6 is 0 Å². The minimum atomic E-state index is 0.104. The van der Waals surface area contributed by atoms with Gasteiger partial charge in [-0.2, -0.15) is 0 Å². The van der Waals surface area contributed by atoms with E-state index in [0.717, 1.165) is 31.1 Å². The normalized spacial score (nSPS) is 11.6. The number of nitrogens with zero attached hydrogens (tertiary/aromatic N) is 2. The summed E-state index contributed by atoms with van der Waals surface area (Å²) in [4.78, 5) is 4.42. The fourth-order valence-electron chi connectivity index (χ4n) is 2.00. The quantitative estimate of drug-likeness (QED) is 0.795. The van der Waals surface area contributed by atoms with Crippen molar-refractivity contribution in [3.05, 3.63) is 48.5 Å². The Morgan fingerprint density at radius 3 is 2.67 bits per heavy atom. The fourth-order valence-corrected chi connectivity index (χ4v) is 2.00. The van der Waals surface area contributed by atoms with Crippen molar-refractivity contribution in [3.8, 4) is 5.75 Å². The molecule has 0 spiro atoms. The maximum atomic E-state index is 5.71. The molecule has 0 radical (unpaired) electrons. The van der Waals surface area contributed by atoms with Crippen molar-refractivity contribution >= 4 is 0 Å². The largest absolute Gasteiger partial charge is 0.494 e. The van der Waals surface area contributed by atoms with E-state index in [4.69, 9.17) is 4.74 Å². The topological polar surface area (TPSA) is 39.1 Å². The van der Waals surface area contributed by atoms with Gasteiger partial charge in [0.05, 0.1) is 13.2 Å². The van der Waals surface area contributed by atoms with Gasteiger partial charge in [0.2, 0.25) is 0 Å². The number of hydrogen-bond donors (Lipinski definition) is 1. The van der Waals surface area contributed by atoms with E-state index in [1.807, 2.05) is 42.7 Å². The van der Waals surface area contributed by atoms with Crippen molar-refractivity contribution in [1.82, 2.24) is 14.9 Å². The van der Waals surface area contributed by atoms with Gasteiger partial charge in [0, 0.05) is 24.5 Å². The van der Waals surface area contributed by atoms with Crippen LogP contribution in [-0.2, 0) is 13.1 Å². The lowest BCUT2D eigenvalue weighted by Crippen LogP contribution is -2.36. The summed E-state index contributed by atoms with van der Waals surface area (Å²) in [5, 5.41) is 3.47. The van der Waals surface area contributed by atoms with Crippen molar-refractivity contribution in [2.24, 2.45) is 0 Å². The molecule has 21 heavy (non-hydrogen) atoms. The number of imidazole rings is 1. The third-order valence-electron chi connectivity index (χ3n) is 3.13. The second kappa shape index (κ2) is 7.27. The molecule has 4 nitrogen and oxygen atoms in total. The summed E-state index contributed by atoms with van der Waals surface area (Å²) in [7, 11) is 0. The molecular formula is C17H25N3O. The molecule has 0 saturated heterocycles. The van der Waals surface area contributed by atoms with E-state index in [9.17, 15) is 0 Å². The molecule has 0 atom stereocenters. The summed E-state index contributed by atoms with van der Waals surface area (Å²) in [6.07, 6.45) is 4.85. The first kappa shape index (κ1) is 15.6. The molecule has 0 bridgehead atoms. The van der Waals surface area contributed by atoms with E-state index >= 15 is 0 Å². The van der Waals surface area contributed by atoms with E-state index in [1.54, 1.807) is 0 Å². The predicted octanol–water partition coefficient (Wildman–Crippen LogP) is 3.24. The molecule has 0 aliphatic rings. The summed E-state index contributed by atoms with van der Waals surface area (Å²) in [5.74, 6) is 2.00. The van der Waals surface area contributed by atoms with Gasteiger partial charge in [0.25, 0.3) is 0 Å². The molecule has 0 aliphatic heterocycles. The zero-order valence-electron chi connectivity index (χ0n) is 13.2. The Balaban J connectivity index is 1.75. The Labute approximate surface area is 127 Å². The van der Waals surface area contributed by atoms with Crippen molar-refractivity contribution in [3.63, 3.8) is 0 Å². The third-order valence-corrected chi connectivity index (χ3v) is 3.13. The molecule has 114 valence electrons. The Morgan fingerprint density at radius 1 is 1.19 bits per heavy atom. The SMILES string of the molecule is CC(C)(C)NCc1nccn1CCCOc1ccccc1. The number of para-hydroxylation sites is 1. The molecule has 0 unspecified atom stereocenters. The molecule has 1 N–H and O–H groups in total. The van der Waals surface area contributed by atoms with Gasteiger partial charge < -0.3 is 14.6 Å². The molecule has 1 heterocycles. The molecule has 0 amide bonds. The lowest BCUT2D eigenvalue weighted by molar-refractivity contribution is 0.300. The van der Waals surface area contributed by atoms with Gasteiger partial charge in [-0.25, -0.2) is 4.98 Å². The second-order valence-corrected chi connectivity index (χ2v) is 6.16. The number of hydrogen-bond acceptors (Lipinski definition) is 3. The van der Waals surface area contributed by atoms with Crippen LogP contribution in [0.25, 0.3) is 0 Å². The van der Waals surface area contributed by atoms with Gasteiger partial charge >= 0.3 is 0 Å². The van der Waals surface area contributed by atoms with Crippen LogP contribution in [0.2, 0.25) is 0 Å². The highest BCUT2D eigenvalue weighted by Crippen LogP contribution is 2.09. The molecule has 1 aromatic carbocycles. The van der Waals surface area contributed by atoms with Crippen LogP contribution in [0.1, 0.15) is 33.0 Å². The Morgan fingerprint density at radius 2 is 1.95 bits per heavy atom. The Bertz CT molecular complexity index is 528. The van der Waals surface area contributed by atoms with Crippen LogP contribution in [0.4, 0.5) is 0 Å². The second-order valence-electron chi connectivity index (χ2n) is 6.16. The lowest BCUT2D eigenvalue weighted by Gasteiger charge is -2.20. The first-order chi connectivity index (χ1) is 10.0. The standard InChI is InChI=1S/C17H25N3O/c1-17(2,3)19-14-16-18-10-12-20(16)11-7-13-21-15-8-5-4-6-9-15/h4-6,8-10,12,19H,7,11,13-14H2,1-3H3. The average molecular weight is 287 g/mol. The zero-order chi connectivity index (χ0) is 15.1. The van der Waals surface area contributed by atoms with Crippen LogP contribution in [-0.4, -0.2) is 21.7 Å². The monoisotopic (exact) mass is 287 g/mol. The minimum absolute atomic E-state index is 0.104. The first-order valence-electron chi connectivity index (χ1n) is 7.47. The maximum absolute atomic E-state index is 5.71. The van der Waals surface area contributed by atoms with Gasteiger partial charge in [-0.15, -0.1) is 0 Å². The zero-order valence-corrected chi connectivity index (χ0v) is 13.2. The van der Waals surface area contributed by atoms with E-state index < -0.39 is 0 Å². The number of benzene rings is 1. The van der Waals surface area contributed by atoms with Crippen molar-refractivity contribution in [2.75, 3.05) is 6.61 Å². The van der Waals surface area contributed by atoms with E-state index in [1.165, 1.54) is 0 Å². The van der Waals surface area contributed by atoms with Crippen LogP contribution < -0.4 is 10.1 Å². The van der Waals surface area contributed by atoms with Crippen molar-refractivity contribution < 1.29 is 4.74 Å². The fraction of sp³-hybridized carbons (Fsp3) is 0.471. The molecule has 1 aromatic heterocycles. The number of rotatable bonds is 7. The highest BCUT2D eigenvalue weighted by atomic mass is 16.5. The Kier molecular flexibility index (Phi) is 5.39. The van der Waals surface area contributed by atoms with Crippen molar-refractivity contribution in [1.29, 1.82) is 0 Å². The predicted molar refractivity (Wildman–Crippen MR) is 85.4 cm³/mol. The van der Waals surface area contributed by atoms with E-state index in [-0.39, 0.29) is 5.54 Å².